The molecule has 0 radical (unpaired) electrons. The van der Waals surface area contributed by atoms with Crippen molar-refractivity contribution in [1.29, 1.82) is 5.41 Å². The van der Waals surface area contributed by atoms with Gasteiger partial charge in [-0.05, 0) is 24.6 Å². The van der Waals surface area contributed by atoms with Crippen LogP contribution in [0.4, 0.5) is 0 Å². The van der Waals surface area contributed by atoms with E-state index >= 15 is 0 Å². The maximum Gasteiger partial charge on any atom is 0.231 e. The molecule has 1 amide bonds. The Morgan fingerprint density at radius 3 is 3.00 bits per heavy atom. The molecule has 0 aliphatic carbocycles. The van der Waals surface area contributed by atoms with E-state index in [-0.39, 0.29) is 11.9 Å². The molecule has 0 bridgehead atoms. The topological polar surface area (TPSA) is 84.9 Å². The molecule has 3 N–H and O–H groups in total. The lowest BCUT2D eigenvalue weighted by molar-refractivity contribution is -0.129. The summed E-state index contributed by atoms with van der Waals surface area (Å²) in [5.41, 5.74) is 1.39. The van der Waals surface area contributed by atoms with Crippen LogP contribution in [-0.2, 0) is 10.3 Å². The molecular formula is C13H15N5O. The van der Waals surface area contributed by atoms with Crippen LogP contribution in [0.1, 0.15) is 18.9 Å². The Morgan fingerprint density at radius 1 is 1.47 bits per heavy atom. The smallest absolute Gasteiger partial charge is 0.231 e. The van der Waals surface area contributed by atoms with Crippen LogP contribution in [0.25, 0.3) is 10.9 Å². The van der Waals surface area contributed by atoms with Crippen LogP contribution in [0.15, 0.2) is 24.4 Å². The average molecular weight is 257 g/mol. The molecule has 2 heterocycles. The molecule has 0 spiro atoms. The van der Waals surface area contributed by atoms with E-state index in [1.165, 1.54) is 4.90 Å². The Labute approximate surface area is 110 Å². The second-order valence-corrected chi connectivity index (χ2v) is 5.11. The molecule has 1 aliphatic heterocycles. The molecule has 0 saturated carbocycles. The van der Waals surface area contributed by atoms with Crippen molar-refractivity contribution in [2.24, 2.45) is 0 Å². The Balaban J connectivity index is 2.04. The summed E-state index contributed by atoms with van der Waals surface area (Å²) in [4.78, 5) is 13.3. The SMILES string of the molecule is CN1C(=N)N[C@](C)(c2ccc3[nH]ncc3c2)CC1=O. The maximum absolute atomic E-state index is 11.9. The van der Waals surface area contributed by atoms with E-state index in [1.54, 1.807) is 13.2 Å². The van der Waals surface area contributed by atoms with E-state index in [1.807, 2.05) is 25.1 Å². The Kier molecular flexibility index (Phi) is 2.35. The maximum atomic E-state index is 11.9. The fourth-order valence-electron chi connectivity index (χ4n) is 2.40. The first-order valence-corrected chi connectivity index (χ1v) is 6.06. The van der Waals surface area contributed by atoms with Gasteiger partial charge in [-0.15, -0.1) is 0 Å². The molecule has 19 heavy (non-hydrogen) atoms. The van der Waals surface area contributed by atoms with Crippen molar-refractivity contribution in [3.63, 3.8) is 0 Å². The van der Waals surface area contributed by atoms with Crippen molar-refractivity contribution in [3.8, 4) is 0 Å². The zero-order chi connectivity index (χ0) is 13.6. The van der Waals surface area contributed by atoms with Crippen molar-refractivity contribution >= 4 is 22.8 Å². The van der Waals surface area contributed by atoms with Gasteiger partial charge in [-0.3, -0.25) is 20.2 Å². The summed E-state index contributed by atoms with van der Waals surface area (Å²) in [5.74, 6) is 0.0737. The average Bonchev–Trinajstić information content (AvgIpc) is 2.83. The lowest BCUT2D eigenvalue weighted by Crippen LogP contribution is -2.58. The van der Waals surface area contributed by atoms with Crippen molar-refractivity contribution < 1.29 is 4.79 Å². The fraction of sp³-hybridized carbons (Fsp3) is 0.308. The van der Waals surface area contributed by atoms with Crippen LogP contribution in [0.2, 0.25) is 0 Å². The summed E-state index contributed by atoms with van der Waals surface area (Å²) in [5, 5.41) is 18.8. The van der Waals surface area contributed by atoms with Crippen LogP contribution in [-0.4, -0.2) is 34.0 Å². The van der Waals surface area contributed by atoms with E-state index in [4.69, 9.17) is 5.41 Å². The van der Waals surface area contributed by atoms with Gasteiger partial charge in [-0.25, -0.2) is 0 Å². The van der Waals surface area contributed by atoms with E-state index < -0.39 is 5.54 Å². The first-order valence-electron chi connectivity index (χ1n) is 6.06. The highest BCUT2D eigenvalue weighted by Crippen LogP contribution is 2.30. The third-order valence-corrected chi connectivity index (χ3v) is 3.69. The number of hydrogen-bond acceptors (Lipinski definition) is 3. The summed E-state index contributed by atoms with van der Waals surface area (Å²) >= 11 is 0. The standard InChI is InChI=1S/C13H15N5O/c1-13(6-11(19)18(2)12(14)16-13)9-3-4-10-8(5-9)7-15-17-10/h3-5,7H,6H2,1-2H3,(H2,14,16)(H,15,17)/t13-/m0/s1. The minimum atomic E-state index is -0.549. The zero-order valence-corrected chi connectivity index (χ0v) is 10.8. The highest BCUT2D eigenvalue weighted by Gasteiger charge is 2.37. The lowest BCUT2D eigenvalue weighted by Gasteiger charge is -2.39. The number of hydrogen-bond donors (Lipinski definition) is 3. The minimum Gasteiger partial charge on any atom is -0.346 e. The summed E-state index contributed by atoms with van der Waals surface area (Å²) < 4.78 is 0. The number of rotatable bonds is 1. The molecule has 1 aliphatic rings. The van der Waals surface area contributed by atoms with Gasteiger partial charge in [0, 0.05) is 12.4 Å². The van der Waals surface area contributed by atoms with E-state index in [2.05, 4.69) is 15.5 Å². The van der Waals surface area contributed by atoms with Crippen molar-refractivity contribution in [1.82, 2.24) is 20.4 Å². The van der Waals surface area contributed by atoms with E-state index in [0.717, 1.165) is 16.5 Å². The fourth-order valence-corrected chi connectivity index (χ4v) is 2.40. The molecule has 1 fully saturated rings. The van der Waals surface area contributed by atoms with Gasteiger partial charge >= 0.3 is 0 Å². The lowest BCUT2D eigenvalue weighted by atomic mass is 9.86. The van der Waals surface area contributed by atoms with Crippen LogP contribution in [0.3, 0.4) is 0 Å². The number of carbonyl (C=O) groups excluding carboxylic acids is 1. The monoisotopic (exact) mass is 257 g/mol. The number of benzene rings is 1. The van der Waals surface area contributed by atoms with Crippen molar-refractivity contribution in [2.75, 3.05) is 7.05 Å². The third-order valence-electron chi connectivity index (χ3n) is 3.69. The van der Waals surface area contributed by atoms with Crippen LogP contribution >= 0.6 is 0 Å². The number of nitrogens with one attached hydrogen (secondary N) is 3. The first kappa shape index (κ1) is 11.7. The minimum absolute atomic E-state index is 0.0569. The predicted octanol–water partition coefficient (Wildman–Crippen LogP) is 1.16. The molecule has 1 aromatic carbocycles. The molecule has 0 unspecified atom stereocenters. The highest BCUT2D eigenvalue weighted by atomic mass is 16.2. The number of aromatic nitrogens is 2. The molecule has 1 aromatic heterocycles. The van der Waals surface area contributed by atoms with Crippen LogP contribution in [0.5, 0.6) is 0 Å². The number of fused-ring (bicyclic) bond motifs is 1. The molecular weight excluding hydrogens is 242 g/mol. The number of guanidine groups is 1. The summed E-state index contributed by atoms with van der Waals surface area (Å²) in [6, 6.07) is 5.90. The van der Waals surface area contributed by atoms with Crippen LogP contribution < -0.4 is 5.32 Å². The number of amides is 1. The first-order chi connectivity index (χ1) is 8.99. The number of nitrogens with zero attached hydrogens (tertiary/aromatic N) is 2. The number of aromatic amines is 1. The van der Waals surface area contributed by atoms with Crippen LogP contribution in [0, 0.1) is 5.41 Å². The quantitative estimate of drug-likeness (QED) is 0.716. The Hall–Kier alpha value is -2.37. The van der Waals surface area contributed by atoms with Gasteiger partial charge in [0.15, 0.2) is 5.96 Å². The van der Waals surface area contributed by atoms with Gasteiger partial charge in [0.25, 0.3) is 0 Å². The Bertz CT molecular complexity index is 656. The van der Waals surface area contributed by atoms with Gasteiger partial charge < -0.3 is 5.32 Å². The van der Waals surface area contributed by atoms with E-state index in [0.29, 0.717) is 6.42 Å². The second kappa shape index (κ2) is 3.81. The van der Waals surface area contributed by atoms with Gasteiger partial charge in [-0.2, -0.15) is 5.10 Å². The highest BCUT2D eigenvalue weighted by molar-refractivity contribution is 5.99. The zero-order valence-electron chi connectivity index (χ0n) is 10.8. The number of carbonyl (C=O) groups is 1. The largest absolute Gasteiger partial charge is 0.346 e. The van der Waals surface area contributed by atoms with Crippen molar-refractivity contribution in [2.45, 2.75) is 18.9 Å². The third kappa shape index (κ3) is 1.76. The summed E-state index contributed by atoms with van der Waals surface area (Å²) in [7, 11) is 1.61. The summed E-state index contributed by atoms with van der Waals surface area (Å²) in [6.07, 6.45) is 2.08. The predicted molar refractivity (Wildman–Crippen MR) is 71.7 cm³/mol. The molecule has 1 saturated heterocycles. The molecule has 1 atom stereocenters. The van der Waals surface area contributed by atoms with Gasteiger partial charge in [-0.1, -0.05) is 6.07 Å². The molecule has 6 nitrogen and oxygen atoms in total. The molecule has 6 heteroatoms. The van der Waals surface area contributed by atoms with E-state index in [9.17, 15) is 4.79 Å². The molecule has 3 rings (SSSR count). The van der Waals surface area contributed by atoms with Gasteiger partial charge in [0.1, 0.15) is 0 Å². The summed E-state index contributed by atoms with van der Waals surface area (Å²) in [6.45, 7) is 1.94. The van der Waals surface area contributed by atoms with Crippen molar-refractivity contribution in [3.05, 3.63) is 30.0 Å². The van der Waals surface area contributed by atoms with Gasteiger partial charge in [0.05, 0.1) is 23.7 Å². The van der Waals surface area contributed by atoms with Gasteiger partial charge in [0.2, 0.25) is 5.91 Å². The number of H-pyrrole nitrogens is 1. The molecule has 2 aromatic rings. The second-order valence-electron chi connectivity index (χ2n) is 5.11. The normalized spacial score (nSPS) is 23.8. The Morgan fingerprint density at radius 2 is 2.26 bits per heavy atom. The molecule has 98 valence electrons.